The fourth-order valence-corrected chi connectivity index (χ4v) is 13.5. The van der Waals surface area contributed by atoms with Gasteiger partial charge in [-0.3, -0.25) is 38.4 Å². The molecule has 1 aromatic carbocycles. The molecule has 3 saturated heterocycles. The zero-order valence-corrected chi connectivity index (χ0v) is 74.9. The summed E-state index contributed by atoms with van der Waals surface area (Å²) in [5, 5.41) is 79.1. The summed E-state index contributed by atoms with van der Waals surface area (Å²) in [5.41, 5.74) is 17.5. The van der Waals surface area contributed by atoms with Crippen LogP contribution in [-0.2, 0) is 144 Å². The van der Waals surface area contributed by atoms with Gasteiger partial charge in [-0.2, -0.15) is 0 Å². The lowest BCUT2D eigenvalue weighted by Crippen LogP contribution is -2.62. The third-order valence-electron chi connectivity index (χ3n) is 20.6. The zero-order valence-electron chi connectivity index (χ0n) is 74.9. The van der Waals surface area contributed by atoms with Crippen LogP contribution in [0.3, 0.4) is 0 Å². The van der Waals surface area contributed by atoms with Crippen LogP contribution in [0.2, 0.25) is 0 Å². The molecule has 0 bridgehead atoms. The quantitative estimate of drug-likeness (QED) is 0.0132. The second kappa shape index (κ2) is 67.4. The van der Waals surface area contributed by atoms with Crippen molar-refractivity contribution in [2.45, 2.75) is 240 Å². The standard InChI is InChI=1S/C84H145N9O36/c1-58(94)121-52-62-73(102)76(105)70(85)79(127-62)118-48-45-112-42-39-109-34-26-88-66(98)21-31-115-55-83(56-116-32-22-67(99)89-27-35-110-40-43-113-46-49-119-80-71(86)77(106)74(103)63(128-80)53-122-59(2)95,57-117-33-23-68(100)90-28-36-111-41-44-114-47-50-120-81-72(87)78(107)75(104)64(129-81)54-123-60(3)96)93-69(101)20-14-9-7-5-4-6-8-13-19-65(97)91-29-37-125-84(24-15-16-25-84)126-38-30-92-82(108)124-51-61-17-11-10-12-18-61/h10-12,17-18,62-64,70-81,102-107H,4-9,13-16,19-57,85-87H2,1-3H3,(H,88,98)(H,89,99)(H,90,100)(H,91,97)(H,92,108)(H,93,101). The summed E-state index contributed by atoms with van der Waals surface area (Å²) in [4.78, 5) is 112. The SMILES string of the molecule is CC(=O)OCC1OC(OCCOCCOCCNC(=O)CCOCC(COCCC(=O)NCCOCCOCCOC2OC(COC(C)=O)C(O)C(O)C2N)(COCCC(=O)NCCOCCOCCOC2OC(COC(C)=O)C(O)C(O)C2N)NC(=O)CCCCCCCCCCC(=O)NCCOC2(OCCNC(=O)OCc3ccccc3)CCCC2)C(N)C(O)C1O. The number of carbonyl (C=O) groups is 9. The van der Waals surface area contributed by atoms with Crippen LogP contribution in [0.15, 0.2) is 30.3 Å². The molecule has 0 aromatic heterocycles. The van der Waals surface area contributed by atoms with E-state index < -0.39 is 127 Å². The summed E-state index contributed by atoms with van der Waals surface area (Å²) in [6, 6.07) is 6.13. The first kappa shape index (κ1) is 113. The maximum absolute atomic E-state index is 14.1. The average Bonchev–Trinajstić information content (AvgIpc) is 1.29. The summed E-state index contributed by atoms with van der Waals surface area (Å²) in [5.74, 6) is -4.10. The molecule has 6 amide bonds. The van der Waals surface area contributed by atoms with Crippen LogP contribution in [0.1, 0.15) is 135 Å². The summed E-state index contributed by atoms with van der Waals surface area (Å²) in [6.45, 7) is 4.90. The lowest BCUT2D eigenvalue weighted by atomic mass is 9.98. The summed E-state index contributed by atoms with van der Waals surface area (Å²) in [6.07, 6.45) is -5.50. The van der Waals surface area contributed by atoms with Crippen LogP contribution in [0, 0.1) is 0 Å². The van der Waals surface area contributed by atoms with Gasteiger partial charge in [-0.25, -0.2) is 4.79 Å². The monoisotopic (exact) mass is 1860 g/mol. The number of hydrogen-bond acceptors (Lipinski definition) is 39. The molecule has 742 valence electrons. The van der Waals surface area contributed by atoms with Crippen molar-refractivity contribution < 1.29 is 173 Å². The van der Waals surface area contributed by atoms with E-state index in [9.17, 15) is 73.8 Å². The van der Waals surface area contributed by atoms with Crippen LogP contribution >= 0.6 is 0 Å². The first-order valence-electron chi connectivity index (χ1n) is 44.6. The van der Waals surface area contributed by atoms with E-state index in [1.807, 2.05) is 30.3 Å². The number of nitrogens with two attached hydrogens (primary N) is 3. The molecule has 15 atom stereocenters. The highest BCUT2D eigenvalue weighted by molar-refractivity contribution is 5.78. The van der Waals surface area contributed by atoms with Gasteiger partial charge in [-0.05, 0) is 31.2 Å². The number of hydrogen-bond donors (Lipinski definition) is 15. The fraction of sp³-hybridized carbons (Fsp3) is 0.821. The number of benzene rings is 1. The molecule has 1 aromatic rings. The first-order chi connectivity index (χ1) is 62.2. The molecule has 5 rings (SSSR count). The smallest absolute Gasteiger partial charge is 0.407 e. The minimum atomic E-state index is -1.42. The molecule has 0 spiro atoms. The van der Waals surface area contributed by atoms with Crippen molar-refractivity contribution in [1.29, 1.82) is 0 Å². The Morgan fingerprint density at radius 1 is 0.364 bits per heavy atom. The molecule has 18 N–H and O–H groups in total. The second-order valence-electron chi connectivity index (χ2n) is 31.3. The molecule has 129 heavy (non-hydrogen) atoms. The van der Waals surface area contributed by atoms with Gasteiger partial charge in [0, 0.05) is 98.4 Å². The van der Waals surface area contributed by atoms with E-state index in [0.717, 1.165) is 63.4 Å². The Morgan fingerprint density at radius 3 is 1.03 bits per heavy atom. The van der Waals surface area contributed by atoms with Crippen LogP contribution < -0.4 is 49.1 Å². The molecule has 4 fully saturated rings. The highest BCUT2D eigenvalue weighted by Crippen LogP contribution is 2.34. The molecule has 4 aliphatic rings. The minimum Gasteiger partial charge on any atom is -0.463 e. The van der Waals surface area contributed by atoms with Gasteiger partial charge in [0.2, 0.25) is 29.5 Å². The van der Waals surface area contributed by atoms with Crippen molar-refractivity contribution in [3.05, 3.63) is 35.9 Å². The van der Waals surface area contributed by atoms with Crippen molar-refractivity contribution in [2.24, 2.45) is 17.2 Å². The van der Waals surface area contributed by atoms with Crippen LogP contribution in [-0.4, -0.2) is 392 Å². The number of aliphatic hydroxyl groups excluding tert-OH is 6. The topological polar surface area (TPSA) is 619 Å². The van der Waals surface area contributed by atoms with Gasteiger partial charge in [0.1, 0.15) is 86.9 Å². The lowest BCUT2D eigenvalue weighted by Gasteiger charge is -2.40. The maximum atomic E-state index is 14.1. The van der Waals surface area contributed by atoms with Crippen molar-refractivity contribution >= 4 is 53.5 Å². The van der Waals surface area contributed by atoms with Crippen molar-refractivity contribution in [2.75, 3.05) is 205 Å². The number of rotatable bonds is 73. The fourth-order valence-electron chi connectivity index (χ4n) is 13.5. The summed E-state index contributed by atoms with van der Waals surface area (Å²) < 4.78 is 118. The molecular weight excluding hydrogens is 1710 g/mol. The molecule has 3 heterocycles. The number of carbonyl (C=O) groups excluding carboxylic acids is 9. The van der Waals surface area contributed by atoms with Crippen molar-refractivity contribution in [3.8, 4) is 0 Å². The van der Waals surface area contributed by atoms with Gasteiger partial charge < -0.3 is 179 Å². The summed E-state index contributed by atoms with van der Waals surface area (Å²) in [7, 11) is 0. The van der Waals surface area contributed by atoms with Crippen molar-refractivity contribution in [1.82, 2.24) is 31.9 Å². The van der Waals surface area contributed by atoms with E-state index in [1.165, 1.54) is 20.8 Å². The Kier molecular flexibility index (Phi) is 58.9. The van der Waals surface area contributed by atoms with E-state index >= 15 is 0 Å². The third-order valence-corrected chi connectivity index (χ3v) is 20.6. The molecule has 0 radical (unpaired) electrons. The number of unbranched alkanes of at least 4 members (excludes halogenated alkanes) is 7. The Hall–Kier alpha value is -6.79. The number of amides is 6. The zero-order chi connectivity index (χ0) is 93.7. The van der Waals surface area contributed by atoms with E-state index in [-0.39, 0.29) is 260 Å². The van der Waals surface area contributed by atoms with Gasteiger partial charge in [-0.15, -0.1) is 0 Å². The minimum absolute atomic E-state index is 0.00413. The van der Waals surface area contributed by atoms with E-state index in [2.05, 4.69) is 31.9 Å². The van der Waals surface area contributed by atoms with Crippen molar-refractivity contribution in [3.63, 3.8) is 0 Å². The first-order valence-corrected chi connectivity index (χ1v) is 44.6. The third kappa shape index (κ3) is 49.1. The molecule has 15 unspecified atom stereocenters. The number of esters is 3. The van der Waals surface area contributed by atoms with E-state index in [1.54, 1.807) is 0 Å². The second-order valence-corrected chi connectivity index (χ2v) is 31.3. The number of nitrogens with one attached hydrogen (secondary N) is 6. The predicted molar refractivity (Wildman–Crippen MR) is 452 cm³/mol. The lowest BCUT2D eigenvalue weighted by molar-refractivity contribution is -0.268. The van der Waals surface area contributed by atoms with Gasteiger partial charge in [0.25, 0.3) is 0 Å². The van der Waals surface area contributed by atoms with E-state index in [0.29, 0.717) is 32.2 Å². The van der Waals surface area contributed by atoms with Crippen LogP contribution in [0.4, 0.5) is 4.79 Å². The summed E-state index contributed by atoms with van der Waals surface area (Å²) >= 11 is 0. The van der Waals surface area contributed by atoms with E-state index in [4.69, 9.17) is 117 Å². The average molecular weight is 1860 g/mol. The van der Waals surface area contributed by atoms with Gasteiger partial charge in [0.05, 0.1) is 170 Å². The predicted octanol–water partition coefficient (Wildman–Crippen LogP) is -3.18. The van der Waals surface area contributed by atoms with Crippen LogP contribution in [0.25, 0.3) is 0 Å². The molecule has 3 aliphatic heterocycles. The van der Waals surface area contributed by atoms with Gasteiger partial charge in [0.15, 0.2) is 24.7 Å². The van der Waals surface area contributed by atoms with Gasteiger partial charge in [-0.1, -0.05) is 68.9 Å². The Balaban J connectivity index is 1.07. The van der Waals surface area contributed by atoms with Crippen LogP contribution in [0.5, 0.6) is 0 Å². The normalized spacial score (nSPS) is 23.6. The number of ether oxygens (including phenoxy) is 21. The molecule has 1 saturated carbocycles. The Bertz CT molecular complexity index is 3020. The molecule has 1 aliphatic carbocycles. The Labute approximate surface area is 753 Å². The Morgan fingerprint density at radius 2 is 0.674 bits per heavy atom. The maximum Gasteiger partial charge on any atom is 0.407 e. The highest BCUT2D eigenvalue weighted by Gasteiger charge is 2.47. The number of aliphatic hydroxyl groups is 6. The largest absolute Gasteiger partial charge is 0.463 e. The number of alkyl carbamates (subject to hydrolysis) is 1. The molecular formula is C84H145N9O36. The molecule has 45 heteroatoms. The highest BCUT2D eigenvalue weighted by atomic mass is 16.7. The molecule has 45 nitrogen and oxygen atoms in total. The van der Waals surface area contributed by atoms with Gasteiger partial charge >= 0.3 is 24.0 Å².